The largest absolute Gasteiger partial charge is 0.329 e. The Bertz CT molecular complexity index is 238. The average Bonchev–Trinajstić information content (AvgIpc) is 2.52. The van der Waals surface area contributed by atoms with E-state index in [9.17, 15) is 8.42 Å². The number of sulfonamides is 1. The van der Waals surface area contributed by atoms with E-state index >= 15 is 0 Å². The van der Waals surface area contributed by atoms with Crippen molar-refractivity contribution < 1.29 is 8.42 Å². The van der Waals surface area contributed by atoms with Gasteiger partial charge in [0.25, 0.3) is 0 Å². The molecule has 0 aromatic heterocycles. The molecule has 6 heteroatoms. The number of nitrogens with one attached hydrogen (secondary N) is 1. The van der Waals surface area contributed by atoms with Crippen LogP contribution in [0.15, 0.2) is 0 Å². The molecule has 0 amide bonds. The summed E-state index contributed by atoms with van der Waals surface area (Å²) in [7, 11) is -3.06. The molecule has 1 aliphatic carbocycles. The molecule has 0 bridgehead atoms. The molecule has 3 N–H and O–H groups in total. The average molecular weight is 243 g/mol. The summed E-state index contributed by atoms with van der Waals surface area (Å²) in [5, 5.41) is 0. The normalized spacial score (nSPS) is 18.1. The molecule has 1 aliphatic rings. The summed E-state index contributed by atoms with van der Waals surface area (Å²) in [4.78, 5) is 0. The van der Waals surface area contributed by atoms with Crippen molar-refractivity contribution in [1.82, 2.24) is 4.72 Å². The third-order valence-corrected chi connectivity index (χ3v) is 3.95. The van der Waals surface area contributed by atoms with Crippen molar-refractivity contribution in [3.8, 4) is 0 Å². The minimum Gasteiger partial charge on any atom is -0.329 e. The summed E-state index contributed by atoms with van der Waals surface area (Å²) >= 11 is 0. The van der Waals surface area contributed by atoms with Gasteiger partial charge in [-0.3, -0.25) is 0 Å². The first-order valence-electron chi connectivity index (χ1n) is 4.81. The standard InChI is InChI=1S/C8H18N2O2S.ClH/c9-5-6-10-13(11,12)7-8-3-1-2-4-8;/h8,10H,1-7,9H2;1H. The molecule has 0 unspecified atom stereocenters. The molecule has 4 nitrogen and oxygen atoms in total. The molecule has 0 heterocycles. The van der Waals surface area contributed by atoms with Gasteiger partial charge >= 0.3 is 0 Å². The highest BCUT2D eigenvalue weighted by Gasteiger charge is 2.21. The maximum Gasteiger partial charge on any atom is 0.211 e. The Hall–Kier alpha value is 0.160. The lowest BCUT2D eigenvalue weighted by molar-refractivity contribution is 0.548. The molecule has 0 atom stereocenters. The highest BCUT2D eigenvalue weighted by Crippen LogP contribution is 2.25. The molecular formula is C8H19ClN2O2S. The topological polar surface area (TPSA) is 72.2 Å². The molecule has 0 spiro atoms. The molecule has 86 valence electrons. The van der Waals surface area contributed by atoms with Crippen LogP contribution in [0.4, 0.5) is 0 Å². The fourth-order valence-corrected chi connectivity index (χ4v) is 3.26. The smallest absolute Gasteiger partial charge is 0.211 e. The van der Waals surface area contributed by atoms with Gasteiger partial charge in [0.15, 0.2) is 0 Å². The number of rotatable bonds is 5. The van der Waals surface area contributed by atoms with Gasteiger partial charge in [-0.15, -0.1) is 12.4 Å². The zero-order valence-electron chi connectivity index (χ0n) is 8.24. The highest BCUT2D eigenvalue weighted by atomic mass is 35.5. The van der Waals surface area contributed by atoms with Crippen molar-refractivity contribution in [3.63, 3.8) is 0 Å². The van der Waals surface area contributed by atoms with Gasteiger partial charge < -0.3 is 5.73 Å². The van der Waals surface area contributed by atoms with Crippen LogP contribution in [0.25, 0.3) is 0 Å². The molecule has 1 rings (SSSR count). The molecule has 0 radical (unpaired) electrons. The maximum absolute atomic E-state index is 11.4. The SMILES string of the molecule is Cl.NCCNS(=O)(=O)CC1CCCC1. The van der Waals surface area contributed by atoms with Crippen LogP contribution in [-0.4, -0.2) is 27.3 Å². The van der Waals surface area contributed by atoms with E-state index in [2.05, 4.69) is 4.72 Å². The zero-order valence-corrected chi connectivity index (χ0v) is 9.87. The van der Waals surface area contributed by atoms with Gasteiger partial charge in [-0.25, -0.2) is 13.1 Å². The van der Waals surface area contributed by atoms with E-state index in [1.54, 1.807) is 0 Å². The molecule has 0 aromatic rings. The predicted octanol–water partition coefficient (Wildman–Crippen LogP) is 0.476. The van der Waals surface area contributed by atoms with Crippen LogP contribution in [0.3, 0.4) is 0 Å². The minimum absolute atomic E-state index is 0. The van der Waals surface area contributed by atoms with E-state index in [0.29, 0.717) is 19.0 Å². The van der Waals surface area contributed by atoms with Crippen molar-refractivity contribution in [1.29, 1.82) is 0 Å². The summed E-state index contributed by atoms with van der Waals surface area (Å²) in [6, 6.07) is 0. The molecule has 1 fully saturated rings. The fourth-order valence-electron chi connectivity index (χ4n) is 1.76. The zero-order chi connectivity index (χ0) is 9.73. The van der Waals surface area contributed by atoms with E-state index in [4.69, 9.17) is 5.73 Å². The molecule has 14 heavy (non-hydrogen) atoms. The van der Waals surface area contributed by atoms with Gasteiger partial charge in [-0.2, -0.15) is 0 Å². The fraction of sp³-hybridized carbons (Fsp3) is 1.00. The second-order valence-electron chi connectivity index (χ2n) is 3.61. The lowest BCUT2D eigenvalue weighted by atomic mass is 10.1. The van der Waals surface area contributed by atoms with E-state index in [1.807, 2.05) is 0 Å². The summed E-state index contributed by atoms with van der Waals surface area (Å²) < 4.78 is 25.2. The van der Waals surface area contributed by atoms with Crippen LogP contribution in [-0.2, 0) is 10.0 Å². The first-order valence-corrected chi connectivity index (χ1v) is 6.46. The van der Waals surface area contributed by atoms with Gasteiger partial charge in [-0.05, 0) is 18.8 Å². The Balaban J connectivity index is 0.00000169. The Labute approximate surface area is 92.1 Å². The number of halogens is 1. The molecular weight excluding hydrogens is 224 g/mol. The second kappa shape index (κ2) is 6.61. The van der Waals surface area contributed by atoms with Crippen LogP contribution in [0.2, 0.25) is 0 Å². The van der Waals surface area contributed by atoms with E-state index in [1.165, 1.54) is 12.8 Å². The van der Waals surface area contributed by atoms with Crippen LogP contribution in [0.1, 0.15) is 25.7 Å². The van der Waals surface area contributed by atoms with Crippen molar-refractivity contribution >= 4 is 22.4 Å². The van der Waals surface area contributed by atoms with E-state index in [-0.39, 0.29) is 18.2 Å². The summed E-state index contributed by atoms with van der Waals surface area (Å²) in [5.74, 6) is 0.655. The number of hydrogen-bond donors (Lipinski definition) is 2. The van der Waals surface area contributed by atoms with Crippen LogP contribution in [0, 0.1) is 5.92 Å². The van der Waals surface area contributed by atoms with Crippen molar-refractivity contribution in [2.24, 2.45) is 11.7 Å². The van der Waals surface area contributed by atoms with Crippen LogP contribution in [0.5, 0.6) is 0 Å². The molecule has 1 saturated carbocycles. The van der Waals surface area contributed by atoms with Gasteiger partial charge in [0, 0.05) is 13.1 Å². The Morgan fingerprint density at radius 1 is 1.29 bits per heavy atom. The van der Waals surface area contributed by atoms with Crippen molar-refractivity contribution in [3.05, 3.63) is 0 Å². The third-order valence-electron chi connectivity index (χ3n) is 2.40. The third kappa shape index (κ3) is 5.14. The predicted molar refractivity (Wildman–Crippen MR) is 60.0 cm³/mol. The lowest BCUT2D eigenvalue weighted by Crippen LogP contribution is -2.33. The Morgan fingerprint density at radius 3 is 2.36 bits per heavy atom. The quantitative estimate of drug-likeness (QED) is 0.737. The maximum atomic E-state index is 11.4. The van der Waals surface area contributed by atoms with E-state index in [0.717, 1.165) is 12.8 Å². The first kappa shape index (κ1) is 14.2. The van der Waals surface area contributed by atoms with Crippen molar-refractivity contribution in [2.45, 2.75) is 25.7 Å². The Morgan fingerprint density at radius 2 is 1.86 bits per heavy atom. The van der Waals surface area contributed by atoms with Crippen LogP contribution < -0.4 is 10.5 Å². The van der Waals surface area contributed by atoms with Gasteiger partial charge in [0.05, 0.1) is 5.75 Å². The van der Waals surface area contributed by atoms with Gasteiger partial charge in [0.1, 0.15) is 0 Å². The summed E-state index contributed by atoms with van der Waals surface area (Å²) in [5.41, 5.74) is 5.22. The molecule has 0 aliphatic heterocycles. The monoisotopic (exact) mass is 242 g/mol. The summed E-state index contributed by atoms with van der Waals surface area (Å²) in [6.45, 7) is 0.721. The number of nitrogens with two attached hydrogens (primary N) is 1. The minimum atomic E-state index is -3.06. The molecule has 0 saturated heterocycles. The van der Waals surface area contributed by atoms with Crippen molar-refractivity contribution in [2.75, 3.05) is 18.8 Å². The highest BCUT2D eigenvalue weighted by molar-refractivity contribution is 7.89. The lowest BCUT2D eigenvalue weighted by Gasteiger charge is -2.09. The number of hydrogen-bond acceptors (Lipinski definition) is 3. The van der Waals surface area contributed by atoms with Gasteiger partial charge in [0.2, 0.25) is 10.0 Å². The second-order valence-corrected chi connectivity index (χ2v) is 5.47. The first-order chi connectivity index (χ1) is 6.14. The van der Waals surface area contributed by atoms with E-state index < -0.39 is 10.0 Å². The molecule has 0 aromatic carbocycles. The Kier molecular flexibility index (Phi) is 6.68. The van der Waals surface area contributed by atoms with Crippen LogP contribution >= 0.6 is 12.4 Å². The van der Waals surface area contributed by atoms with Gasteiger partial charge in [-0.1, -0.05) is 12.8 Å². The summed E-state index contributed by atoms with van der Waals surface area (Å²) in [6.07, 6.45) is 4.47.